The molecule has 7 heterocycles. The maximum absolute atomic E-state index is 14.6. The number of nitrogen functional groups attached to an aromatic ring is 1. The van der Waals surface area contributed by atoms with Crippen LogP contribution in [0.15, 0.2) is 11.3 Å². The van der Waals surface area contributed by atoms with Gasteiger partial charge in [0.05, 0.1) is 127 Å². The number of unbranched alkanes of at least 4 members (excludes halogenated alkanes) is 9. The average Bonchev–Trinajstić information content (AvgIpc) is 1.63. The number of β-amino-alcohol motifs (C(OH)–C–C–N with tert-alkyl or cyclic N) is 1. The molecule has 10 unspecified atom stereocenters. The Morgan fingerprint density at radius 2 is 0.946 bits per heavy atom. The number of aliphatic hydroxyl groups excluding tert-OH is 10. The van der Waals surface area contributed by atoms with Crippen LogP contribution in [0.3, 0.4) is 0 Å². The second-order valence-corrected chi connectivity index (χ2v) is 39.0. The number of carbonyl (C=O) groups is 8. The molecule has 0 aromatic carbocycles. The van der Waals surface area contributed by atoms with Crippen LogP contribution in [0.2, 0.25) is 0 Å². The molecule has 5 fully saturated rings. The summed E-state index contributed by atoms with van der Waals surface area (Å²) in [4.78, 5) is 148. The number of anilines is 1. The van der Waals surface area contributed by atoms with Gasteiger partial charge in [0.15, 0.2) is 24.7 Å². The van der Waals surface area contributed by atoms with Crippen LogP contribution < -0.4 is 26.2 Å². The standard InChI is InChI=1S/C86H145N7O35P2/c1-53(2)129(112,113)122-48-70-66(40-65(124-70)64-42-89-75-74(64)90-52-91-82(75)87)128-130(114,115)123-47-57-39-63(102)43-93(57)73(105)41-72(104)92-86(50-117-37-30-62(101)24-12-8-11-22-59(98)27-15-19-34-120-84-55(4)77(107)80(110)68(45-95)126-84,51-118-38-31-71(103)88-32-17-13-25-60(99)28-16-20-35-121-85-56(5)78(108)81(111)69(46-96)127-85)49-116-36-29-61(100)23-10-7-6-9-21-58(97)26-14-18-33-119-83-54(3)76(106)79(109)67(44-94)125-83/h42,52-57,63-70,76-81,83-85,94-96,102,106-111H,6-41,43-51H2,1-5H3,(H,88,103)(H,92,104)(H,112,113)(H,114,115)(H2,87,90,91)/p-2/t54-,55-,56-,57-,63+,64?,65+,66-,67?,68?,69?,70+,76?,77?,78?,79-,80-,81-,83+,84+,85+,86?/m0/s1. The number of carbonyl (C=O) groups excluding carboxylic acids is 8. The number of fused-ring (bicyclic) bond motifs is 1. The van der Waals surface area contributed by atoms with Gasteiger partial charge in [-0.3, -0.25) is 47.9 Å². The van der Waals surface area contributed by atoms with Crippen molar-refractivity contribution in [1.82, 2.24) is 25.5 Å². The molecule has 6 aliphatic rings. The number of Topliss-reactive ketones (excluding diaryl/α,β-unsaturated/α-hetero) is 5. The number of aliphatic hydroxyl groups is 10. The van der Waals surface area contributed by atoms with Gasteiger partial charge in [0, 0.05) is 140 Å². The number of nitrogens with zero attached hydrogens (tertiary/aromatic N) is 4. The van der Waals surface area contributed by atoms with E-state index in [-0.39, 0.29) is 157 Å². The third-order valence-electron chi connectivity index (χ3n) is 24.3. The molecule has 130 heavy (non-hydrogen) atoms. The number of ether oxygens (including phenoxy) is 10. The monoisotopic (exact) mass is 1900 g/mol. The Morgan fingerprint density at radius 1 is 0.523 bits per heavy atom. The molecule has 1 aromatic rings. The quantitative estimate of drug-likeness (QED) is 0.0250. The smallest absolute Gasteiger partial charge is 0.268 e. The van der Waals surface area contributed by atoms with Gasteiger partial charge >= 0.3 is 0 Å². The summed E-state index contributed by atoms with van der Waals surface area (Å²) < 4.78 is 102. The van der Waals surface area contributed by atoms with Crippen molar-refractivity contribution < 1.29 is 169 Å². The predicted molar refractivity (Wildman–Crippen MR) is 459 cm³/mol. The van der Waals surface area contributed by atoms with Crippen LogP contribution in [0.4, 0.5) is 11.5 Å². The van der Waals surface area contributed by atoms with Crippen molar-refractivity contribution in [2.45, 2.75) is 342 Å². The highest BCUT2D eigenvalue weighted by atomic mass is 31.2. The molecule has 0 bridgehead atoms. The molecule has 744 valence electrons. The van der Waals surface area contributed by atoms with Crippen LogP contribution in [0, 0.1) is 17.8 Å². The number of aromatic nitrogens is 2. The number of phosphoric acid groups is 1. The fourth-order valence-corrected chi connectivity index (χ4v) is 17.7. The van der Waals surface area contributed by atoms with Crippen molar-refractivity contribution in [2.24, 2.45) is 22.7 Å². The molecular weight excluding hydrogens is 1750 g/mol. The van der Waals surface area contributed by atoms with Crippen molar-refractivity contribution in [3.63, 3.8) is 0 Å². The number of hydrogen-bond donors (Lipinski definition) is 13. The Kier molecular flexibility index (Phi) is 49.6. The van der Waals surface area contributed by atoms with Gasteiger partial charge < -0.3 is 148 Å². The highest BCUT2D eigenvalue weighted by Crippen LogP contribution is 2.49. The minimum Gasteiger partial charge on any atom is -0.778 e. The summed E-state index contributed by atoms with van der Waals surface area (Å²) in [6, 6.07) is -1.17. The summed E-state index contributed by atoms with van der Waals surface area (Å²) in [5.41, 5.74) is 4.00. The van der Waals surface area contributed by atoms with Gasteiger partial charge in [0.25, 0.3) is 7.82 Å². The fraction of sp³-hybridized carbons (Fsp3) is 0.849. The molecule has 0 aliphatic carbocycles. The lowest BCUT2D eigenvalue weighted by Crippen LogP contribution is -2.59. The highest BCUT2D eigenvalue weighted by Gasteiger charge is 2.49. The van der Waals surface area contributed by atoms with Crippen molar-refractivity contribution in [3.8, 4) is 0 Å². The normalized spacial score (nSPS) is 28.8. The van der Waals surface area contributed by atoms with Crippen LogP contribution in [0.1, 0.15) is 232 Å². The second kappa shape index (κ2) is 57.7. The minimum absolute atomic E-state index is 0.00405. The van der Waals surface area contributed by atoms with Gasteiger partial charge in [0.2, 0.25) is 17.7 Å². The number of nitrogens with one attached hydrogen (secondary N) is 2. The number of rotatable bonds is 67. The topological polar surface area (TPSA) is 631 Å². The Balaban J connectivity index is 0.948. The number of amides is 3. The van der Waals surface area contributed by atoms with E-state index >= 15 is 0 Å². The van der Waals surface area contributed by atoms with Crippen LogP contribution in [-0.4, -0.2) is 340 Å². The lowest BCUT2D eigenvalue weighted by Gasteiger charge is -2.40. The van der Waals surface area contributed by atoms with Crippen molar-refractivity contribution in [1.29, 1.82) is 0 Å². The molecule has 0 saturated carbocycles. The molecule has 7 rings (SSSR count). The molecular formula is C86H143N7O35P2-2. The maximum atomic E-state index is 14.6. The van der Waals surface area contributed by atoms with E-state index in [1.165, 1.54) is 26.4 Å². The Morgan fingerprint density at radius 3 is 1.39 bits per heavy atom. The van der Waals surface area contributed by atoms with E-state index in [2.05, 4.69) is 25.6 Å². The lowest BCUT2D eigenvalue weighted by molar-refractivity contribution is -0.282. The Bertz CT molecular complexity index is 3660. The first kappa shape index (κ1) is 112. The third-order valence-corrected chi connectivity index (χ3v) is 27.0. The van der Waals surface area contributed by atoms with Crippen molar-refractivity contribution in [3.05, 3.63) is 12.0 Å². The molecule has 24 atom stereocenters. The summed E-state index contributed by atoms with van der Waals surface area (Å²) in [7, 11) is -9.90. The maximum Gasteiger partial charge on any atom is 0.268 e. The van der Waals surface area contributed by atoms with Gasteiger partial charge in [0.1, 0.15) is 103 Å². The first-order valence-electron chi connectivity index (χ1n) is 46.0. The van der Waals surface area contributed by atoms with E-state index in [1.54, 1.807) is 20.8 Å². The minimum atomic E-state index is -5.42. The predicted octanol–water partition coefficient (Wildman–Crippen LogP) is 1.50. The number of nitrogens with two attached hydrogens (primary N) is 1. The first-order valence-corrected chi connectivity index (χ1v) is 49.1. The third kappa shape index (κ3) is 37.4. The summed E-state index contributed by atoms with van der Waals surface area (Å²) in [6.07, 6.45) is -6.32. The Hall–Kier alpha value is -5.23. The number of likely N-dealkylation sites (tertiary alicyclic amines) is 1. The molecule has 0 radical (unpaired) electrons. The van der Waals surface area contributed by atoms with Crippen LogP contribution >= 0.6 is 15.4 Å². The van der Waals surface area contributed by atoms with Gasteiger partial charge in [-0.05, 0) is 83.5 Å². The molecule has 14 N–H and O–H groups in total. The summed E-state index contributed by atoms with van der Waals surface area (Å²) in [5.74, 6) is -4.77. The number of ketones is 5. The molecule has 5 saturated heterocycles. The van der Waals surface area contributed by atoms with Crippen molar-refractivity contribution in [2.75, 3.05) is 111 Å². The van der Waals surface area contributed by atoms with E-state index in [9.17, 15) is 108 Å². The summed E-state index contributed by atoms with van der Waals surface area (Å²) in [5, 5.41) is 107. The molecule has 3 amide bonds. The molecule has 42 nitrogen and oxygen atoms in total. The second-order valence-electron chi connectivity index (χ2n) is 35.2. The van der Waals surface area contributed by atoms with Crippen molar-refractivity contribution >= 4 is 79.8 Å². The summed E-state index contributed by atoms with van der Waals surface area (Å²) in [6.45, 7) is 3.46. The Labute approximate surface area is 759 Å². The van der Waals surface area contributed by atoms with Gasteiger partial charge in [-0.15, -0.1) is 0 Å². The van der Waals surface area contributed by atoms with Crippen LogP contribution in [-0.2, 0) is 108 Å². The zero-order chi connectivity index (χ0) is 95.1. The van der Waals surface area contributed by atoms with Gasteiger partial charge in [-0.1, -0.05) is 53.9 Å². The number of aliphatic imine (C=N–C) groups is 1. The van der Waals surface area contributed by atoms with Gasteiger partial charge in [-0.2, -0.15) is 0 Å². The molecule has 0 spiro atoms. The van der Waals surface area contributed by atoms with E-state index in [0.717, 1.165) is 4.90 Å². The van der Waals surface area contributed by atoms with E-state index in [4.69, 9.17) is 66.7 Å². The molecule has 6 aliphatic heterocycles. The summed E-state index contributed by atoms with van der Waals surface area (Å²) >= 11 is 0. The fourth-order valence-electron chi connectivity index (χ4n) is 16.0. The van der Waals surface area contributed by atoms with Crippen LogP contribution in [0.5, 0.6) is 0 Å². The SMILES string of the molecule is CC(C)P(=O)([O-])OC[C@H]1O[C@@H](C2C=Nc3c(N)ncnc32)C[C@@H]1OP(=O)([O-])OC[C@@H]1C[C@@H](O)CN1C(=O)CC(=O)NC(COCCC(=O)CCCCCCC(=O)CCCCO[C@@H]1OC(CO)[C@H](O)C(O)[C@@H]1C)(COCCC(=O)CCCCCC(=O)CCCCO[C@@H]1OC(CO)[C@H](O)C(O)[C@@H]1C)COCCC(=O)NCCCCC(=O)CCCCO[C@@H]1OC(CO)[C@H](O)C(O)[C@@H]1C. The number of phosphoric ester groups is 1. The van der Waals surface area contributed by atoms with E-state index < -0.39 is 232 Å². The van der Waals surface area contributed by atoms with Crippen LogP contribution in [0.25, 0.3) is 0 Å². The largest absolute Gasteiger partial charge is 0.778 e. The number of hydrogen-bond acceptors (Lipinski definition) is 39. The van der Waals surface area contributed by atoms with E-state index in [0.29, 0.717) is 121 Å². The lowest BCUT2D eigenvalue weighted by atomic mass is 9.92. The van der Waals surface area contributed by atoms with Gasteiger partial charge in [-0.25, -0.2) is 9.97 Å². The zero-order valence-corrected chi connectivity index (χ0v) is 77.4. The van der Waals surface area contributed by atoms with E-state index in [1.807, 2.05) is 0 Å². The first-order chi connectivity index (χ1) is 62.0. The zero-order valence-electron chi connectivity index (χ0n) is 75.6. The molecule has 44 heteroatoms. The average molecular weight is 1900 g/mol. The highest BCUT2D eigenvalue weighted by molar-refractivity contribution is 7.52. The molecule has 1 aromatic heterocycles.